The van der Waals surface area contributed by atoms with Crippen LogP contribution in [0.2, 0.25) is 0 Å². The van der Waals surface area contributed by atoms with Crippen LogP contribution in [0, 0.1) is 17.0 Å². The van der Waals surface area contributed by atoms with Gasteiger partial charge in [-0.25, -0.2) is 0 Å². The van der Waals surface area contributed by atoms with Crippen molar-refractivity contribution < 1.29 is 9.72 Å². The van der Waals surface area contributed by atoms with Gasteiger partial charge >= 0.3 is 0 Å². The summed E-state index contributed by atoms with van der Waals surface area (Å²) >= 11 is 2.63. The third-order valence-electron chi connectivity index (χ3n) is 3.66. The zero-order chi connectivity index (χ0) is 19.4. The van der Waals surface area contributed by atoms with Crippen molar-refractivity contribution in [3.8, 4) is 10.6 Å². The second-order valence-electron chi connectivity index (χ2n) is 5.78. The molecular formula is C18H16N4O3S2. The van der Waals surface area contributed by atoms with Crippen LogP contribution >= 0.6 is 23.1 Å². The largest absolute Gasteiger partial charge is 0.300 e. The number of nitro groups is 1. The zero-order valence-electron chi connectivity index (χ0n) is 14.6. The summed E-state index contributed by atoms with van der Waals surface area (Å²) in [6.07, 6.45) is 0. The number of carbonyl (C=O) groups excluding carboxylic acids is 1. The molecule has 1 amide bonds. The van der Waals surface area contributed by atoms with Crippen LogP contribution in [0.4, 0.5) is 10.8 Å². The van der Waals surface area contributed by atoms with E-state index in [9.17, 15) is 14.9 Å². The summed E-state index contributed by atoms with van der Waals surface area (Å²) in [6, 6.07) is 14.1. The van der Waals surface area contributed by atoms with Crippen LogP contribution in [0.3, 0.4) is 0 Å². The van der Waals surface area contributed by atoms with Gasteiger partial charge < -0.3 is 0 Å². The molecule has 2 aromatic carbocycles. The van der Waals surface area contributed by atoms with E-state index >= 15 is 0 Å². The Labute approximate surface area is 164 Å². The maximum atomic E-state index is 12.4. The smallest absolute Gasteiger partial charge is 0.270 e. The molecule has 1 atom stereocenters. The van der Waals surface area contributed by atoms with Crippen molar-refractivity contribution in [3.63, 3.8) is 0 Å². The fourth-order valence-corrected chi connectivity index (χ4v) is 3.83. The highest BCUT2D eigenvalue weighted by Gasteiger charge is 2.17. The molecule has 0 saturated carbocycles. The Kier molecular flexibility index (Phi) is 5.82. The van der Waals surface area contributed by atoms with E-state index in [2.05, 4.69) is 15.5 Å². The van der Waals surface area contributed by atoms with Gasteiger partial charge in [0, 0.05) is 22.6 Å². The lowest BCUT2D eigenvalue weighted by molar-refractivity contribution is -0.384. The number of hydrogen-bond acceptors (Lipinski definition) is 7. The lowest BCUT2D eigenvalue weighted by Gasteiger charge is -2.10. The van der Waals surface area contributed by atoms with Gasteiger partial charge in [0.15, 0.2) is 0 Å². The van der Waals surface area contributed by atoms with Gasteiger partial charge in [0.2, 0.25) is 11.0 Å². The van der Waals surface area contributed by atoms with Crippen LogP contribution in [0.5, 0.6) is 0 Å². The quantitative estimate of drug-likeness (QED) is 0.370. The molecule has 138 valence electrons. The van der Waals surface area contributed by atoms with Gasteiger partial charge in [0.05, 0.1) is 10.2 Å². The van der Waals surface area contributed by atoms with E-state index in [-0.39, 0.29) is 16.8 Å². The Morgan fingerprint density at radius 3 is 2.67 bits per heavy atom. The first-order valence-electron chi connectivity index (χ1n) is 8.05. The monoisotopic (exact) mass is 400 g/mol. The first kappa shape index (κ1) is 19.0. The second-order valence-corrected chi connectivity index (χ2v) is 8.17. The molecule has 0 aliphatic carbocycles. The van der Waals surface area contributed by atoms with E-state index in [1.54, 1.807) is 12.1 Å². The Morgan fingerprint density at radius 2 is 1.96 bits per heavy atom. The van der Waals surface area contributed by atoms with E-state index < -0.39 is 4.92 Å². The number of aryl methyl sites for hydroxylation is 1. The molecular weight excluding hydrogens is 384 g/mol. The van der Waals surface area contributed by atoms with Crippen molar-refractivity contribution in [2.24, 2.45) is 0 Å². The lowest BCUT2D eigenvalue weighted by Crippen LogP contribution is -2.22. The molecule has 0 fully saturated rings. The normalized spacial score (nSPS) is 11.8. The number of aromatic nitrogens is 2. The van der Waals surface area contributed by atoms with Gasteiger partial charge in [-0.2, -0.15) is 0 Å². The number of rotatable bonds is 6. The SMILES string of the molecule is Cc1ccc(S[C@H](C)C(=O)Nc2nnc(-c3cccc([N+](=O)[O-])c3)s2)cc1. The highest BCUT2D eigenvalue weighted by atomic mass is 32.2. The zero-order valence-corrected chi connectivity index (χ0v) is 16.2. The molecule has 0 aliphatic heterocycles. The molecule has 0 spiro atoms. The molecule has 0 bridgehead atoms. The van der Waals surface area contributed by atoms with Crippen LogP contribution in [0.1, 0.15) is 12.5 Å². The average Bonchev–Trinajstić information content (AvgIpc) is 3.12. The molecule has 0 unspecified atom stereocenters. The topological polar surface area (TPSA) is 98.0 Å². The number of thioether (sulfide) groups is 1. The molecule has 0 radical (unpaired) electrons. The van der Waals surface area contributed by atoms with Crippen molar-refractivity contribution in [1.29, 1.82) is 0 Å². The number of nitrogens with one attached hydrogen (secondary N) is 1. The summed E-state index contributed by atoms with van der Waals surface area (Å²) in [7, 11) is 0. The molecule has 1 heterocycles. The third kappa shape index (κ3) is 4.89. The summed E-state index contributed by atoms with van der Waals surface area (Å²) in [4.78, 5) is 23.8. The van der Waals surface area contributed by atoms with E-state index in [0.717, 1.165) is 4.90 Å². The molecule has 3 aromatic rings. The minimum absolute atomic E-state index is 0.0172. The minimum Gasteiger partial charge on any atom is -0.300 e. The summed E-state index contributed by atoms with van der Waals surface area (Å²) < 4.78 is 0. The van der Waals surface area contributed by atoms with Gasteiger partial charge in [-0.3, -0.25) is 20.2 Å². The Bertz CT molecular complexity index is 973. The number of carbonyl (C=O) groups is 1. The average molecular weight is 400 g/mol. The van der Waals surface area contributed by atoms with Crippen molar-refractivity contribution >= 4 is 39.8 Å². The van der Waals surface area contributed by atoms with Gasteiger partial charge in [-0.15, -0.1) is 22.0 Å². The number of nitrogens with zero attached hydrogens (tertiary/aromatic N) is 3. The van der Waals surface area contributed by atoms with Gasteiger partial charge in [-0.1, -0.05) is 41.2 Å². The second kappa shape index (κ2) is 8.28. The summed E-state index contributed by atoms with van der Waals surface area (Å²) in [5, 5.41) is 22.2. The standard InChI is InChI=1S/C18H16N4O3S2/c1-11-6-8-15(9-7-11)26-12(2)16(23)19-18-21-20-17(27-18)13-4-3-5-14(10-13)22(24)25/h3-10,12H,1-2H3,(H,19,21,23)/t12-/m1/s1. The Hall–Kier alpha value is -2.78. The van der Waals surface area contributed by atoms with Crippen molar-refractivity contribution in [3.05, 3.63) is 64.2 Å². The van der Waals surface area contributed by atoms with Crippen LogP contribution in [-0.4, -0.2) is 26.3 Å². The molecule has 1 N–H and O–H groups in total. The number of non-ortho nitro benzene ring substituents is 1. The highest BCUT2D eigenvalue weighted by molar-refractivity contribution is 8.00. The van der Waals surface area contributed by atoms with Crippen LogP contribution in [0.25, 0.3) is 10.6 Å². The number of amides is 1. The minimum atomic E-state index is -0.461. The third-order valence-corrected chi connectivity index (χ3v) is 5.66. The predicted molar refractivity (Wildman–Crippen MR) is 107 cm³/mol. The lowest BCUT2D eigenvalue weighted by atomic mass is 10.2. The Balaban J connectivity index is 1.66. The molecule has 9 heteroatoms. The maximum absolute atomic E-state index is 12.4. The van der Waals surface area contributed by atoms with E-state index in [0.29, 0.717) is 15.7 Å². The number of hydrogen-bond donors (Lipinski definition) is 1. The summed E-state index contributed by atoms with van der Waals surface area (Å²) in [5.74, 6) is -0.178. The van der Waals surface area contributed by atoms with Crippen molar-refractivity contribution in [1.82, 2.24) is 10.2 Å². The fraction of sp³-hybridized carbons (Fsp3) is 0.167. The van der Waals surface area contributed by atoms with E-state index in [1.165, 1.54) is 40.8 Å². The van der Waals surface area contributed by atoms with E-state index in [1.807, 2.05) is 38.1 Å². The van der Waals surface area contributed by atoms with Gasteiger partial charge in [0.1, 0.15) is 5.01 Å². The maximum Gasteiger partial charge on any atom is 0.270 e. The molecule has 0 aliphatic rings. The Morgan fingerprint density at radius 1 is 1.22 bits per heavy atom. The first-order valence-corrected chi connectivity index (χ1v) is 9.74. The summed E-state index contributed by atoms with van der Waals surface area (Å²) in [5.41, 5.74) is 1.74. The van der Waals surface area contributed by atoms with Crippen molar-refractivity contribution in [2.45, 2.75) is 24.0 Å². The molecule has 7 nitrogen and oxygen atoms in total. The summed E-state index contributed by atoms with van der Waals surface area (Å²) in [6.45, 7) is 3.83. The van der Waals surface area contributed by atoms with Crippen LogP contribution < -0.4 is 5.32 Å². The number of benzene rings is 2. The molecule has 27 heavy (non-hydrogen) atoms. The highest BCUT2D eigenvalue weighted by Crippen LogP contribution is 2.30. The van der Waals surface area contributed by atoms with Gasteiger partial charge in [0.25, 0.3) is 5.69 Å². The van der Waals surface area contributed by atoms with Crippen LogP contribution in [0.15, 0.2) is 53.4 Å². The van der Waals surface area contributed by atoms with Gasteiger partial charge in [-0.05, 0) is 26.0 Å². The van der Waals surface area contributed by atoms with Crippen LogP contribution in [-0.2, 0) is 4.79 Å². The number of anilines is 1. The number of nitro benzene ring substituents is 1. The van der Waals surface area contributed by atoms with E-state index in [4.69, 9.17) is 0 Å². The molecule has 0 saturated heterocycles. The van der Waals surface area contributed by atoms with Crippen molar-refractivity contribution in [2.75, 3.05) is 5.32 Å². The first-order chi connectivity index (χ1) is 12.9. The molecule has 3 rings (SSSR count). The molecule has 1 aromatic heterocycles. The fourth-order valence-electron chi connectivity index (χ4n) is 2.22. The predicted octanol–water partition coefficient (Wildman–Crippen LogP) is 4.54.